The molecular formula is C37H30N2S. The number of allylic oxidation sites excluding steroid dienone is 4. The molecule has 0 saturated carbocycles. The van der Waals surface area contributed by atoms with E-state index < -0.39 is 10.0 Å². The highest BCUT2D eigenvalue weighted by Crippen LogP contribution is 2.75. The molecular weight excluding hydrogens is 504 g/mol. The van der Waals surface area contributed by atoms with Crippen molar-refractivity contribution in [1.29, 1.82) is 5.26 Å². The molecule has 40 heavy (non-hydrogen) atoms. The minimum absolute atomic E-state index is 0.700. The Hall–Kier alpha value is -4.52. The van der Waals surface area contributed by atoms with E-state index in [1.807, 2.05) is 12.1 Å². The lowest BCUT2D eigenvalue weighted by Crippen LogP contribution is -2.34. The molecule has 4 aromatic carbocycles. The molecule has 1 heterocycles. The van der Waals surface area contributed by atoms with E-state index in [1.54, 1.807) is 0 Å². The van der Waals surface area contributed by atoms with Gasteiger partial charge in [0.25, 0.3) is 0 Å². The first-order valence-corrected chi connectivity index (χ1v) is 15.6. The molecule has 1 unspecified atom stereocenters. The maximum absolute atomic E-state index is 9.63. The molecule has 0 amide bonds. The third-order valence-electron chi connectivity index (χ3n) is 8.09. The summed E-state index contributed by atoms with van der Waals surface area (Å²) in [5.41, 5.74) is 3.13. The molecule has 2 nitrogen and oxygen atoms in total. The fourth-order valence-corrected chi connectivity index (χ4v) is 11.0. The van der Waals surface area contributed by atoms with E-state index >= 15 is 0 Å². The maximum atomic E-state index is 9.63. The average Bonchev–Trinajstić information content (AvgIpc) is 3.38. The van der Waals surface area contributed by atoms with Crippen molar-refractivity contribution in [3.63, 3.8) is 0 Å². The second-order valence-corrected chi connectivity index (χ2v) is 13.5. The molecule has 5 aromatic rings. The van der Waals surface area contributed by atoms with Gasteiger partial charge in [-0.3, -0.25) is 0 Å². The first kappa shape index (κ1) is 24.5. The van der Waals surface area contributed by atoms with Gasteiger partial charge < -0.3 is 4.57 Å². The summed E-state index contributed by atoms with van der Waals surface area (Å²) in [5.74, 6) is 0. The quantitative estimate of drug-likeness (QED) is 0.223. The lowest BCUT2D eigenvalue weighted by atomic mass is 10.1. The Balaban J connectivity index is 1.70. The predicted octanol–water partition coefficient (Wildman–Crippen LogP) is 8.34. The van der Waals surface area contributed by atoms with Crippen LogP contribution < -0.4 is 10.6 Å². The van der Waals surface area contributed by atoms with Gasteiger partial charge in [0, 0.05) is 26.1 Å². The summed E-state index contributed by atoms with van der Waals surface area (Å²) < 4.78 is 2.45. The summed E-state index contributed by atoms with van der Waals surface area (Å²) in [5, 5.41) is 13.6. The summed E-state index contributed by atoms with van der Waals surface area (Å²) in [6, 6.07) is 41.6. The minimum Gasteiger partial charge on any atom is -0.310 e. The van der Waals surface area contributed by atoms with Crippen LogP contribution in [0.2, 0.25) is 0 Å². The van der Waals surface area contributed by atoms with Crippen molar-refractivity contribution < 1.29 is 0 Å². The van der Waals surface area contributed by atoms with Crippen molar-refractivity contribution in [1.82, 2.24) is 4.57 Å². The highest BCUT2D eigenvalue weighted by molar-refractivity contribution is 8.43. The third kappa shape index (κ3) is 3.79. The molecule has 0 saturated heterocycles. The lowest BCUT2D eigenvalue weighted by molar-refractivity contribution is 1.00. The van der Waals surface area contributed by atoms with Crippen LogP contribution in [-0.2, 0) is 0 Å². The molecule has 2 aliphatic carbocycles. The molecule has 3 heteroatoms. The first-order chi connectivity index (χ1) is 19.8. The average molecular weight is 535 g/mol. The van der Waals surface area contributed by atoms with E-state index in [0.717, 1.165) is 25.7 Å². The van der Waals surface area contributed by atoms with E-state index in [4.69, 9.17) is 0 Å². The smallest absolute Gasteiger partial charge is 0.0991 e. The summed E-state index contributed by atoms with van der Waals surface area (Å²) >= 11 is 0. The summed E-state index contributed by atoms with van der Waals surface area (Å²) in [6.45, 7) is 0. The Labute approximate surface area is 236 Å². The largest absolute Gasteiger partial charge is 0.310 e. The van der Waals surface area contributed by atoms with Crippen LogP contribution >= 0.6 is 10.0 Å². The number of hydrogen-bond donors (Lipinski definition) is 0. The van der Waals surface area contributed by atoms with Crippen LogP contribution in [0.4, 0.5) is 0 Å². The minimum atomic E-state index is -1.77. The van der Waals surface area contributed by atoms with Crippen LogP contribution in [0.25, 0.3) is 27.6 Å². The Morgan fingerprint density at radius 3 is 2.12 bits per heavy atom. The van der Waals surface area contributed by atoms with Crippen LogP contribution in [-0.4, -0.2) is 4.57 Å². The normalized spacial score (nSPS) is 16.8. The number of nitriles is 1. The fraction of sp³-hybridized carbons (Fsp3) is 0.108. The van der Waals surface area contributed by atoms with Crippen LogP contribution in [0, 0.1) is 11.3 Å². The van der Waals surface area contributed by atoms with E-state index in [1.165, 1.54) is 46.8 Å². The van der Waals surface area contributed by atoms with Gasteiger partial charge in [-0.15, -0.1) is 10.0 Å². The molecule has 194 valence electrons. The molecule has 2 aliphatic rings. The van der Waals surface area contributed by atoms with Gasteiger partial charge in [0.05, 0.1) is 22.5 Å². The van der Waals surface area contributed by atoms with Crippen LogP contribution in [0.5, 0.6) is 0 Å². The number of benzene rings is 4. The number of fused-ring (bicyclic) bond motifs is 3. The standard InChI is InChI=1S/C37H30N2S/c38-27-28-23-25-32(26-24-28)40(30-15-6-2-7-16-30,31-17-8-3-9-18-31)36-22-12-21-35-37(36)33-19-10-11-20-34(33)39(35)29-13-4-1-5-14-29/h1-8,10-11,13-17,19-21,23-26H,9,12,18,22H2. The molecule has 0 fully saturated rings. The number of rotatable bonds is 5. The molecule has 7 rings (SSSR count). The Bertz CT molecular complexity index is 1940. The predicted molar refractivity (Wildman–Crippen MR) is 168 cm³/mol. The molecule has 1 atom stereocenters. The molecule has 1 aromatic heterocycles. The molecule has 0 bridgehead atoms. The highest BCUT2D eigenvalue weighted by atomic mass is 32.3. The van der Waals surface area contributed by atoms with E-state index in [2.05, 4.69) is 132 Å². The topological polar surface area (TPSA) is 28.7 Å². The lowest BCUT2D eigenvalue weighted by Gasteiger charge is -2.46. The SMILES string of the molecule is N#Cc1ccc(S(C2=CC=CCC2)(C2=c3c(n(-c4ccccc4)c4ccccc34)=CCC2)c2ccccc2)cc1. The fourth-order valence-electron chi connectivity index (χ4n) is 6.45. The van der Waals surface area contributed by atoms with Crippen molar-refractivity contribution in [2.24, 2.45) is 0 Å². The van der Waals surface area contributed by atoms with Gasteiger partial charge in [-0.2, -0.15) is 5.26 Å². The number of nitrogens with zero attached hydrogens (tertiary/aromatic N) is 2. The van der Waals surface area contributed by atoms with E-state index in [-0.39, 0.29) is 0 Å². The van der Waals surface area contributed by atoms with Gasteiger partial charge in [-0.05, 0) is 90.1 Å². The Morgan fingerprint density at radius 2 is 1.40 bits per heavy atom. The summed E-state index contributed by atoms with van der Waals surface area (Å²) in [4.78, 5) is 5.68. The van der Waals surface area contributed by atoms with Crippen LogP contribution in [0.1, 0.15) is 31.2 Å². The monoisotopic (exact) mass is 534 g/mol. The molecule has 0 aliphatic heterocycles. The zero-order chi connectivity index (χ0) is 26.9. The number of hydrogen-bond acceptors (Lipinski definition) is 1. The van der Waals surface area contributed by atoms with Gasteiger partial charge >= 0.3 is 0 Å². The van der Waals surface area contributed by atoms with Crippen molar-refractivity contribution in [3.8, 4) is 11.8 Å². The molecule has 0 radical (unpaired) electrons. The van der Waals surface area contributed by atoms with Crippen LogP contribution in [0.3, 0.4) is 0 Å². The second-order valence-electron chi connectivity index (χ2n) is 10.3. The van der Waals surface area contributed by atoms with Gasteiger partial charge in [0.2, 0.25) is 0 Å². The number of aromatic nitrogens is 1. The van der Waals surface area contributed by atoms with Gasteiger partial charge in [0.1, 0.15) is 0 Å². The Kier molecular flexibility index (Phi) is 6.27. The Morgan fingerprint density at radius 1 is 0.700 bits per heavy atom. The van der Waals surface area contributed by atoms with E-state index in [9.17, 15) is 5.26 Å². The van der Waals surface area contributed by atoms with Crippen molar-refractivity contribution in [3.05, 3.63) is 148 Å². The molecule has 0 N–H and O–H groups in total. The van der Waals surface area contributed by atoms with Gasteiger partial charge in [-0.25, -0.2) is 0 Å². The van der Waals surface area contributed by atoms with Crippen molar-refractivity contribution in [2.75, 3.05) is 0 Å². The zero-order valence-corrected chi connectivity index (χ0v) is 23.1. The zero-order valence-electron chi connectivity index (χ0n) is 22.3. The highest BCUT2D eigenvalue weighted by Gasteiger charge is 2.38. The summed E-state index contributed by atoms with van der Waals surface area (Å²) in [7, 11) is -1.77. The van der Waals surface area contributed by atoms with Crippen LogP contribution in [0.15, 0.2) is 142 Å². The maximum Gasteiger partial charge on any atom is 0.0991 e. The van der Waals surface area contributed by atoms with Crippen molar-refractivity contribution in [2.45, 2.75) is 35.5 Å². The molecule has 0 spiro atoms. The first-order valence-electron chi connectivity index (χ1n) is 13.9. The second kappa shape index (κ2) is 10.2. The summed E-state index contributed by atoms with van der Waals surface area (Å²) in [6.07, 6.45) is 13.4. The van der Waals surface area contributed by atoms with Gasteiger partial charge in [0.15, 0.2) is 0 Å². The van der Waals surface area contributed by atoms with Crippen molar-refractivity contribution >= 4 is 31.9 Å². The van der Waals surface area contributed by atoms with Gasteiger partial charge in [-0.1, -0.05) is 78.9 Å². The number of para-hydroxylation sites is 2. The van der Waals surface area contributed by atoms with E-state index in [0.29, 0.717) is 5.56 Å². The third-order valence-corrected chi connectivity index (χ3v) is 12.3.